The van der Waals surface area contributed by atoms with Crippen molar-refractivity contribution in [2.75, 3.05) is 23.3 Å². The summed E-state index contributed by atoms with van der Waals surface area (Å²) in [5.41, 5.74) is 1.29. The Bertz CT molecular complexity index is 817. The Morgan fingerprint density at radius 2 is 1.71 bits per heavy atom. The molecule has 7 heteroatoms. The maximum Gasteiger partial charge on any atom is 0.325 e. The molecule has 0 aliphatic rings. The second-order valence-electron chi connectivity index (χ2n) is 5.46. The molecule has 0 fully saturated rings. The number of hydrogen-bond donors (Lipinski definition) is 3. The van der Waals surface area contributed by atoms with Gasteiger partial charge in [0, 0.05) is 35.7 Å². The van der Waals surface area contributed by atoms with Crippen LogP contribution in [0.1, 0.15) is 25.1 Å². The summed E-state index contributed by atoms with van der Waals surface area (Å²) in [7, 11) is 0. The fourth-order valence-electron chi connectivity index (χ4n) is 2.55. The number of benzene rings is 1. The smallest absolute Gasteiger partial charge is 0.325 e. The van der Waals surface area contributed by atoms with Gasteiger partial charge in [-0.25, -0.2) is 4.79 Å². The van der Waals surface area contributed by atoms with E-state index in [2.05, 4.69) is 34.0 Å². The number of aromatic amines is 2. The summed E-state index contributed by atoms with van der Waals surface area (Å²) in [5.74, 6) is -0.314. The summed E-state index contributed by atoms with van der Waals surface area (Å²) in [6.07, 6.45) is -0.101. The maximum atomic E-state index is 12.1. The molecule has 2 rings (SSSR count). The van der Waals surface area contributed by atoms with Crippen molar-refractivity contribution in [2.24, 2.45) is 0 Å². The van der Waals surface area contributed by atoms with E-state index in [0.717, 1.165) is 18.8 Å². The zero-order chi connectivity index (χ0) is 17.7. The third-order valence-corrected chi connectivity index (χ3v) is 3.87. The Balaban J connectivity index is 2.08. The lowest BCUT2D eigenvalue weighted by molar-refractivity contribution is -0.115. The molecule has 0 saturated carbocycles. The van der Waals surface area contributed by atoms with E-state index in [4.69, 9.17) is 0 Å². The Hall–Kier alpha value is -2.83. The summed E-state index contributed by atoms with van der Waals surface area (Å²) in [6, 6.07) is 7.55. The van der Waals surface area contributed by atoms with E-state index in [1.165, 1.54) is 0 Å². The van der Waals surface area contributed by atoms with Crippen molar-refractivity contribution < 1.29 is 4.79 Å². The minimum Gasteiger partial charge on any atom is -0.372 e. The number of aromatic nitrogens is 2. The van der Waals surface area contributed by atoms with Crippen LogP contribution in [0.25, 0.3) is 0 Å². The van der Waals surface area contributed by atoms with Gasteiger partial charge < -0.3 is 15.2 Å². The molecule has 0 saturated heterocycles. The van der Waals surface area contributed by atoms with Crippen molar-refractivity contribution in [2.45, 2.75) is 27.2 Å². The number of nitrogens with one attached hydrogen (secondary N) is 3. The predicted molar refractivity (Wildman–Crippen MR) is 94.8 cm³/mol. The fourth-order valence-corrected chi connectivity index (χ4v) is 2.55. The van der Waals surface area contributed by atoms with E-state index in [1.807, 2.05) is 24.3 Å². The lowest BCUT2D eigenvalue weighted by Gasteiger charge is -2.21. The third kappa shape index (κ3) is 4.13. The van der Waals surface area contributed by atoms with E-state index >= 15 is 0 Å². The molecule has 7 nitrogen and oxygen atoms in total. The summed E-state index contributed by atoms with van der Waals surface area (Å²) in [6.45, 7) is 7.59. The molecular formula is C17H22N4O3. The summed E-state index contributed by atoms with van der Waals surface area (Å²) >= 11 is 0. The molecule has 24 heavy (non-hydrogen) atoms. The second-order valence-corrected chi connectivity index (χ2v) is 5.46. The van der Waals surface area contributed by atoms with Crippen molar-refractivity contribution in [3.63, 3.8) is 0 Å². The number of aryl methyl sites for hydroxylation is 1. The Morgan fingerprint density at radius 1 is 1.08 bits per heavy atom. The monoisotopic (exact) mass is 330 g/mol. The molecule has 0 radical (unpaired) electrons. The standard InChI is InChI=1S/C17H22N4O3/c1-4-21(5-2)13-8-6-12(7-9-13)19-15(22)10-14-11(3)18-17(24)20-16(14)23/h6-9H,4-5,10H2,1-3H3,(H,19,22)(H2,18,20,23,24). The Morgan fingerprint density at radius 3 is 2.25 bits per heavy atom. The maximum absolute atomic E-state index is 12.1. The molecule has 1 aromatic carbocycles. The molecule has 0 spiro atoms. The van der Waals surface area contributed by atoms with E-state index in [0.29, 0.717) is 11.4 Å². The Labute approximate surface area is 139 Å². The minimum atomic E-state index is -0.575. The molecule has 0 bridgehead atoms. The van der Waals surface area contributed by atoms with Gasteiger partial charge in [-0.15, -0.1) is 0 Å². The van der Waals surface area contributed by atoms with Gasteiger partial charge in [-0.05, 0) is 45.0 Å². The van der Waals surface area contributed by atoms with Gasteiger partial charge in [0.2, 0.25) is 5.91 Å². The quantitative estimate of drug-likeness (QED) is 0.745. The highest BCUT2D eigenvalue weighted by atomic mass is 16.2. The van der Waals surface area contributed by atoms with Gasteiger partial charge in [0.05, 0.1) is 6.42 Å². The van der Waals surface area contributed by atoms with Crippen LogP contribution in [0.2, 0.25) is 0 Å². The molecule has 2 aromatic rings. The number of nitrogens with zero attached hydrogens (tertiary/aromatic N) is 1. The lowest BCUT2D eigenvalue weighted by atomic mass is 10.1. The highest BCUT2D eigenvalue weighted by Crippen LogP contribution is 2.17. The van der Waals surface area contributed by atoms with Crippen LogP contribution in [-0.4, -0.2) is 29.0 Å². The SMILES string of the molecule is CCN(CC)c1ccc(NC(=O)Cc2c(C)[nH]c(=O)[nH]c2=O)cc1. The average Bonchev–Trinajstić information content (AvgIpc) is 2.53. The topological polar surface area (TPSA) is 98.1 Å². The van der Waals surface area contributed by atoms with Gasteiger partial charge in [0.25, 0.3) is 5.56 Å². The lowest BCUT2D eigenvalue weighted by Crippen LogP contribution is -2.29. The van der Waals surface area contributed by atoms with Crippen molar-refractivity contribution in [1.82, 2.24) is 9.97 Å². The predicted octanol–water partition coefficient (Wildman–Crippen LogP) is 1.40. The number of carbonyl (C=O) groups excluding carboxylic acids is 1. The molecular weight excluding hydrogens is 308 g/mol. The number of amides is 1. The van der Waals surface area contributed by atoms with Crippen molar-refractivity contribution in [3.05, 3.63) is 56.4 Å². The molecule has 1 amide bonds. The van der Waals surface area contributed by atoms with Crippen LogP contribution in [-0.2, 0) is 11.2 Å². The van der Waals surface area contributed by atoms with Crippen LogP contribution >= 0.6 is 0 Å². The first-order chi connectivity index (χ1) is 11.4. The van der Waals surface area contributed by atoms with E-state index in [1.54, 1.807) is 6.92 Å². The van der Waals surface area contributed by atoms with Gasteiger partial charge in [-0.3, -0.25) is 14.6 Å². The first-order valence-electron chi connectivity index (χ1n) is 7.91. The van der Waals surface area contributed by atoms with E-state index in [9.17, 15) is 14.4 Å². The van der Waals surface area contributed by atoms with Crippen LogP contribution in [0.3, 0.4) is 0 Å². The van der Waals surface area contributed by atoms with Gasteiger partial charge >= 0.3 is 5.69 Å². The van der Waals surface area contributed by atoms with Crippen LogP contribution in [0.4, 0.5) is 11.4 Å². The van der Waals surface area contributed by atoms with Gasteiger partial charge in [-0.1, -0.05) is 0 Å². The molecule has 0 atom stereocenters. The summed E-state index contributed by atoms with van der Waals surface area (Å²) < 4.78 is 0. The van der Waals surface area contributed by atoms with Gasteiger partial charge in [0.1, 0.15) is 0 Å². The van der Waals surface area contributed by atoms with Gasteiger partial charge in [0.15, 0.2) is 0 Å². The second kappa shape index (κ2) is 7.63. The average molecular weight is 330 g/mol. The molecule has 1 heterocycles. The van der Waals surface area contributed by atoms with E-state index < -0.39 is 11.2 Å². The summed E-state index contributed by atoms with van der Waals surface area (Å²) in [5, 5.41) is 2.76. The number of H-pyrrole nitrogens is 2. The summed E-state index contributed by atoms with van der Waals surface area (Å²) in [4.78, 5) is 41.9. The van der Waals surface area contributed by atoms with Crippen molar-refractivity contribution in [3.8, 4) is 0 Å². The molecule has 0 aliphatic heterocycles. The molecule has 128 valence electrons. The highest BCUT2D eigenvalue weighted by Gasteiger charge is 2.11. The Kier molecular flexibility index (Phi) is 5.57. The molecule has 0 unspecified atom stereocenters. The van der Waals surface area contributed by atoms with Gasteiger partial charge in [-0.2, -0.15) is 0 Å². The van der Waals surface area contributed by atoms with Crippen LogP contribution in [0.15, 0.2) is 33.9 Å². The largest absolute Gasteiger partial charge is 0.372 e. The molecule has 0 aliphatic carbocycles. The number of hydrogen-bond acceptors (Lipinski definition) is 4. The number of rotatable bonds is 6. The van der Waals surface area contributed by atoms with Crippen molar-refractivity contribution in [1.29, 1.82) is 0 Å². The molecule has 1 aromatic heterocycles. The van der Waals surface area contributed by atoms with Crippen LogP contribution < -0.4 is 21.5 Å². The number of carbonyl (C=O) groups is 1. The van der Waals surface area contributed by atoms with Crippen LogP contribution in [0.5, 0.6) is 0 Å². The zero-order valence-corrected chi connectivity index (χ0v) is 14.1. The number of anilines is 2. The van der Waals surface area contributed by atoms with Crippen molar-refractivity contribution >= 4 is 17.3 Å². The van der Waals surface area contributed by atoms with E-state index in [-0.39, 0.29) is 17.9 Å². The normalized spacial score (nSPS) is 10.5. The fraction of sp³-hybridized carbons (Fsp3) is 0.353. The third-order valence-electron chi connectivity index (χ3n) is 3.87. The minimum absolute atomic E-state index is 0.101. The highest BCUT2D eigenvalue weighted by molar-refractivity contribution is 5.92. The molecule has 3 N–H and O–H groups in total. The zero-order valence-electron chi connectivity index (χ0n) is 14.1. The first-order valence-corrected chi connectivity index (χ1v) is 7.91. The van der Waals surface area contributed by atoms with Crippen LogP contribution in [0, 0.1) is 6.92 Å². The first kappa shape index (κ1) is 17.5.